The van der Waals surface area contributed by atoms with Gasteiger partial charge in [0.15, 0.2) is 11.6 Å². The van der Waals surface area contributed by atoms with Crippen molar-refractivity contribution in [3.63, 3.8) is 0 Å². The van der Waals surface area contributed by atoms with E-state index in [4.69, 9.17) is 0 Å². The van der Waals surface area contributed by atoms with Gasteiger partial charge in [0.05, 0.1) is 6.04 Å². The lowest BCUT2D eigenvalue weighted by Gasteiger charge is -2.35. The highest BCUT2D eigenvalue weighted by Crippen LogP contribution is 2.30. The molecule has 1 aliphatic rings. The summed E-state index contributed by atoms with van der Waals surface area (Å²) in [6.07, 6.45) is 3.16. The van der Waals surface area contributed by atoms with Crippen LogP contribution < -0.4 is 5.32 Å². The van der Waals surface area contributed by atoms with Crippen molar-refractivity contribution in [2.24, 2.45) is 0 Å². The number of rotatable bonds is 3. The van der Waals surface area contributed by atoms with Crippen LogP contribution in [-0.4, -0.2) is 37.3 Å². The maximum atomic E-state index is 14.0. The van der Waals surface area contributed by atoms with Crippen molar-refractivity contribution < 1.29 is 17.2 Å². The number of nitrogens with one attached hydrogen (secondary N) is 1. The molecule has 2 heterocycles. The van der Waals surface area contributed by atoms with Crippen LogP contribution in [0.3, 0.4) is 0 Å². The Bertz CT molecular complexity index is 800. The van der Waals surface area contributed by atoms with E-state index in [0.29, 0.717) is 18.7 Å². The first-order valence-electron chi connectivity index (χ1n) is 7.08. The van der Waals surface area contributed by atoms with E-state index in [-0.39, 0.29) is 6.54 Å². The van der Waals surface area contributed by atoms with Crippen molar-refractivity contribution in [1.29, 1.82) is 0 Å². The van der Waals surface area contributed by atoms with Gasteiger partial charge in [-0.1, -0.05) is 12.1 Å². The molecule has 8 heteroatoms. The number of aromatic nitrogens is 1. The van der Waals surface area contributed by atoms with Gasteiger partial charge in [0, 0.05) is 32.0 Å². The molecule has 1 aromatic carbocycles. The van der Waals surface area contributed by atoms with Crippen LogP contribution in [0.15, 0.2) is 47.6 Å². The molecule has 3 rings (SSSR count). The van der Waals surface area contributed by atoms with E-state index < -0.39 is 32.6 Å². The topological polar surface area (TPSA) is 62.3 Å². The van der Waals surface area contributed by atoms with E-state index >= 15 is 0 Å². The molecule has 0 saturated carbocycles. The molecule has 1 N–H and O–H groups in total. The number of benzene rings is 1. The van der Waals surface area contributed by atoms with Crippen LogP contribution >= 0.6 is 0 Å². The summed E-state index contributed by atoms with van der Waals surface area (Å²) >= 11 is 0. The zero-order valence-corrected chi connectivity index (χ0v) is 12.9. The van der Waals surface area contributed by atoms with Gasteiger partial charge in [0.1, 0.15) is 4.90 Å². The third-order valence-corrected chi connectivity index (χ3v) is 5.69. The summed E-state index contributed by atoms with van der Waals surface area (Å²) in [6, 6.07) is 6.10. The van der Waals surface area contributed by atoms with Crippen LogP contribution in [0.25, 0.3) is 0 Å². The van der Waals surface area contributed by atoms with Gasteiger partial charge in [0.25, 0.3) is 0 Å². The molecule has 1 aliphatic heterocycles. The zero-order chi connectivity index (χ0) is 16.4. The van der Waals surface area contributed by atoms with Crippen molar-refractivity contribution in [3.8, 4) is 0 Å². The fraction of sp³-hybridized carbons (Fsp3) is 0.267. The fourth-order valence-corrected chi connectivity index (χ4v) is 4.33. The van der Waals surface area contributed by atoms with Crippen LogP contribution in [0.5, 0.6) is 0 Å². The van der Waals surface area contributed by atoms with Crippen molar-refractivity contribution in [2.75, 3.05) is 19.6 Å². The van der Waals surface area contributed by atoms with Gasteiger partial charge in [-0.25, -0.2) is 17.2 Å². The second-order valence-corrected chi connectivity index (χ2v) is 7.03. The van der Waals surface area contributed by atoms with E-state index in [2.05, 4.69) is 10.3 Å². The smallest absolute Gasteiger partial charge is 0.246 e. The second kappa shape index (κ2) is 6.31. The molecule has 2 aromatic rings. The number of nitrogens with zero attached hydrogens (tertiary/aromatic N) is 2. The lowest BCUT2D eigenvalue weighted by atomic mass is 10.1. The summed E-state index contributed by atoms with van der Waals surface area (Å²) in [5.41, 5.74) is 0.695. The summed E-state index contributed by atoms with van der Waals surface area (Å²) in [5, 5.41) is 3.11. The average molecular weight is 339 g/mol. The molecule has 0 radical (unpaired) electrons. The summed E-state index contributed by atoms with van der Waals surface area (Å²) in [6.45, 7) is 0.979. The molecular formula is C15H15F2N3O2S. The Kier molecular flexibility index (Phi) is 4.38. The van der Waals surface area contributed by atoms with Gasteiger partial charge < -0.3 is 5.32 Å². The van der Waals surface area contributed by atoms with Gasteiger partial charge in [-0.05, 0) is 23.8 Å². The number of halogens is 2. The number of hydrogen-bond donors (Lipinski definition) is 1. The summed E-state index contributed by atoms with van der Waals surface area (Å²) < 4.78 is 54.2. The Labute approximate surface area is 133 Å². The molecule has 0 spiro atoms. The molecule has 0 bridgehead atoms. The minimum atomic E-state index is -4.16. The Morgan fingerprint density at radius 3 is 2.78 bits per heavy atom. The van der Waals surface area contributed by atoms with E-state index in [1.807, 2.05) is 0 Å². The maximum absolute atomic E-state index is 14.0. The first-order chi connectivity index (χ1) is 11.0. The predicted octanol–water partition coefficient (Wildman–Crippen LogP) is 1.70. The van der Waals surface area contributed by atoms with Crippen molar-refractivity contribution in [3.05, 3.63) is 59.9 Å². The second-order valence-electron chi connectivity index (χ2n) is 5.17. The van der Waals surface area contributed by atoms with Crippen LogP contribution in [0.1, 0.15) is 11.6 Å². The Morgan fingerprint density at radius 1 is 1.22 bits per heavy atom. The van der Waals surface area contributed by atoms with E-state index in [9.17, 15) is 17.2 Å². The quantitative estimate of drug-likeness (QED) is 0.924. The molecule has 1 unspecified atom stereocenters. The third kappa shape index (κ3) is 2.97. The molecule has 0 aliphatic carbocycles. The summed E-state index contributed by atoms with van der Waals surface area (Å²) in [4.78, 5) is 3.35. The van der Waals surface area contributed by atoms with Gasteiger partial charge in [-0.15, -0.1) is 0 Å². The lowest BCUT2D eigenvalue weighted by molar-refractivity contribution is 0.270. The largest absolute Gasteiger partial charge is 0.313 e. The van der Waals surface area contributed by atoms with Crippen molar-refractivity contribution in [1.82, 2.24) is 14.6 Å². The first kappa shape index (κ1) is 16.0. The fourth-order valence-electron chi connectivity index (χ4n) is 2.64. The molecule has 1 atom stereocenters. The number of pyridine rings is 1. The highest BCUT2D eigenvalue weighted by Gasteiger charge is 2.36. The highest BCUT2D eigenvalue weighted by atomic mass is 32.2. The van der Waals surface area contributed by atoms with Crippen LogP contribution in [0.4, 0.5) is 8.78 Å². The Morgan fingerprint density at radius 2 is 2.04 bits per heavy atom. The molecule has 1 saturated heterocycles. The molecule has 1 aromatic heterocycles. The average Bonchev–Trinajstić information content (AvgIpc) is 2.58. The molecular weight excluding hydrogens is 324 g/mol. The third-order valence-electron chi connectivity index (χ3n) is 3.77. The molecule has 0 amide bonds. The molecule has 1 fully saturated rings. The monoisotopic (exact) mass is 339 g/mol. The first-order valence-corrected chi connectivity index (χ1v) is 8.52. The van der Waals surface area contributed by atoms with Gasteiger partial charge in [0.2, 0.25) is 10.0 Å². The Balaban J connectivity index is 2.05. The van der Waals surface area contributed by atoms with Gasteiger partial charge in [-0.3, -0.25) is 4.98 Å². The van der Waals surface area contributed by atoms with Gasteiger partial charge >= 0.3 is 0 Å². The van der Waals surface area contributed by atoms with Crippen molar-refractivity contribution in [2.45, 2.75) is 10.9 Å². The van der Waals surface area contributed by atoms with E-state index in [1.165, 1.54) is 10.4 Å². The molecule has 5 nitrogen and oxygen atoms in total. The van der Waals surface area contributed by atoms with Crippen LogP contribution in [0.2, 0.25) is 0 Å². The summed E-state index contributed by atoms with van der Waals surface area (Å²) in [5.74, 6) is -2.53. The van der Waals surface area contributed by atoms with Crippen molar-refractivity contribution >= 4 is 10.0 Å². The maximum Gasteiger partial charge on any atom is 0.246 e. The Hall–Kier alpha value is -1.90. The van der Waals surface area contributed by atoms with E-state index in [0.717, 1.165) is 12.1 Å². The molecule has 122 valence electrons. The number of sulfonamides is 1. The number of piperazine rings is 1. The number of hydrogen-bond acceptors (Lipinski definition) is 4. The van der Waals surface area contributed by atoms with Crippen LogP contribution in [-0.2, 0) is 10.0 Å². The summed E-state index contributed by atoms with van der Waals surface area (Å²) in [7, 11) is -4.16. The highest BCUT2D eigenvalue weighted by molar-refractivity contribution is 7.89. The predicted molar refractivity (Wildman–Crippen MR) is 80.1 cm³/mol. The van der Waals surface area contributed by atoms with E-state index in [1.54, 1.807) is 24.5 Å². The standard InChI is InChI=1S/C15H15F2N3O2S/c16-12-4-1-5-14(15(12)17)23(21,22)20-8-7-19-10-13(20)11-3-2-6-18-9-11/h1-6,9,13,19H,7-8,10H2. The van der Waals surface area contributed by atoms with Gasteiger partial charge in [-0.2, -0.15) is 4.31 Å². The SMILES string of the molecule is O=S(=O)(c1cccc(F)c1F)N1CCNCC1c1cccnc1. The minimum absolute atomic E-state index is 0.165. The zero-order valence-electron chi connectivity index (χ0n) is 12.1. The normalized spacial score (nSPS) is 19.7. The van der Waals surface area contributed by atoms with Crippen LogP contribution in [0, 0.1) is 11.6 Å². The lowest BCUT2D eigenvalue weighted by Crippen LogP contribution is -2.48. The molecule has 23 heavy (non-hydrogen) atoms. The minimum Gasteiger partial charge on any atom is -0.313 e.